The van der Waals surface area contributed by atoms with E-state index in [2.05, 4.69) is 5.32 Å². The van der Waals surface area contributed by atoms with Crippen LogP contribution >= 0.6 is 0 Å². The number of rotatable bonds is 5. The van der Waals surface area contributed by atoms with E-state index in [0.717, 1.165) is 17.5 Å². The van der Waals surface area contributed by atoms with E-state index in [-0.39, 0.29) is 4.90 Å². The van der Waals surface area contributed by atoms with Crippen molar-refractivity contribution in [3.05, 3.63) is 52.9 Å². The monoisotopic (exact) mass is 375 g/mol. The first-order valence-corrected chi connectivity index (χ1v) is 9.63. The number of hydrogen-bond donors (Lipinski definition) is 1. The van der Waals surface area contributed by atoms with Crippen LogP contribution in [-0.2, 0) is 16.3 Å². The number of sulfone groups is 1. The fourth-order valence-corrected chi connectivity index (χ4v) is 4.07. The SMILES string of the molecule is COc1ccc(S(=O)(=O)/C=C2\NCCc3cc(OC)c(OC)cc32)cc1. The summed E-state index contributed by atoms with van der Waals surface area (Å²) >= 11 is 0. The molecule has 1 aliphatic rings. The fourth-order valence-electron chi connectivity index (χ4n) is 2.90. The van der Waals surface area contributed by atoms with Gasteiger partial charge in [-0.1, -0.05) is 0 Å². The molecule has 0 fully saturated rings. The van der Waals surface area contributed by atoms with E-state index in [1.54, 1.807) is 32.4 Å². The van der Waals surface area contributed by atoms with Gasteiger partial charge in [0.15, 0.2) is 11.5 Å². The second-order valence-corrected chi connectivity index (χ2v) is 7.59. The minimum absolute atomic E-state index is 0.209. The number of hydrogen-bond acceptors (Lipinski definition) is 6. The Hall–Kier alpha value is -2.67. The standard InChI is InChI=1S/C19H21NO5S/c1-23-14-4-6-15(7-5-14)26(21,22)12-17-16-11-19(25-3)18(24-2)10-13(16)8-9-20-17/h4-7,10-12,20H,8-9H2,1-3H3/b17-12-. The lowest BCUT2D eigenvalue weighted by atomic mass is 9.98. The van der Waals surface area contributed by atoms with Gasteiger partial charge in [-0.15, -0.1) is 0 Å². The van der Waals surface area contributed by atoms with Gasteiger partial charge in [0.25, 0.3) is 0 Å². The van der Waals surface area contributed by atoms with Crippen molar-refractivity contribution in [2.24, 2.45) is 0 Å². The predicted octanol–water partition coefficient (Wildman–Crippen LogP) is 2.63. The fraction of sp³-hybridized carbons (Fsp3) is 0.263. The summed E-state index contributed by atoms with van der Waals surface area (Å²) in [5.74, 6) is 1.79. The van der Waals surface area contributed by atoms with Crippen molar-refractivity contribution in [3.8, 4) is 17.2 Å². The van der Waals surface area contributed by atoms with E-state index >= 15 is 0 Å². The third kappa shape index (κ3) is 3.48. The van der Waals surface area contributed by atoms with Crippen LogP contribution in [0.25, 0.3) is 5.70 Å². The van der Waals surface area contributed by atoms with Crippen molar-refractivity contribution in [1.82, 2.24) is 5.32 Å². The molecule has 1 heterocycles. The summed E-state index contributed by atoms with van der Waals surface area (Å²) in [6, 6.07) is 10.0. The molecule has 26 heavy (non-hydrogen) atoms. The highest BCUT2D eigenvalue weighted by molar-refractivity contribution is 7.94. The van der Waals surface area contributed by atoms with Crippen molar-refractivity contribution in [3.63, 3.8) is 0 Å². The lowest BCUT2D eigenvalue weighted by molar-refractivity contribution is 0.354. The molecule has 0 unspecified atom stereocenters. The second-order valence-electron chi connectivity index (χ2n) is 5.79. The summed E-state index contributed by atoms with van der Waals surface area (Å²) in [4.78, 5) is 0.209. The molecule has 1 N–H and O–H groups in total. The average molecular weight is 375 g/mol. The summed E-state index contributed by atoms with van der Waals surface area (Å²) < 4.78 is 41.3. The Kier molecular flexibility index (Phi) is 5.08. The Morgan fingerprint density at radius 3 is 2.23 bits per heavy atom. The Morgan fingerprint density at radius 1 is 0.962 bits per heavy atom. The summed E-state index contributed by atoms with van der Waals surface area (Å²) in [5, 5.41) is 4.44. The highest BCUT2D eigenvalue weighted by Gasteiger charge is 2.21. The number of fused-ring (bicyclic) bond motifs is 1. The summed E-state index contributed by atoms with van der Waals surface area (Å²) in [5.41, 5.74) is 2.35. The molecule has 2 aromatic carbocycles. The van der Waals surface area contributed by atoms with Gasteiger partial charge < -0.3 is 19.5 Å². The summed E-state index contributed by atoms with van der Waals surface area (Å²) in [6.45, 7) is 0.645. The molecule has 0 aromatic heterocycles. The maximum atomic E-state index is 12.8. The van der Waals surface area contributed by atoms with Gasteiger partial charge in [-0.3, -0.25) is 0 Å². The van der Waals surface area contributed by atoms with E-state index in [1.165, 1.54) is 24.7 Å². The Morgan fingerprint density at radius 2 is 1.62 bits per heavy atom. The summed E-state index contributed by atoms with van der Waals surface area (Å²) in [7, 11) is 1.06. The number of ether oxygens (including phenoxy) is 3. The van der Waals surface area contributed by atoms with Gasteiger partial charge in [0, 0.05) is 12.1 Å². The van der Waals surface area contributed by atoms with Crippen molar-refractivity contribution in [2.75, 3.05) is 27.9 Å². The molecule has 7 heteroatoms. The molecule has 3 rings (SSSR count). The second kappa shape index (κ2) is 7.29. The van der Waals surface area contributed by atoms with Crippen molar-refractivity contribution < 1.29 is 22.6 Å². The molecule has 0 saturated carbocycles. The van der Waals surface area contributed by atoms with Gasteiger partial charge in [-0.05, 0) is 48.4 Å². The van der Waals surface area contributed by atoms with Crippen LogP contribution in [-0.4, -0.2) is 36.3 Å². The molecule has 0 aliphatic carbocycles. The molecule has 0 atom stereocenters. The molecular weight excluding hydrogens is 354 g/mol. The third-order valence-corrected chi connectivity index (χ3v) is 5.75. The largest absolute Gasteiger partial charge is 0.497 e. The van der Waals surface area contributed by atoms with E-state index in [9.17, 15) is 8.42 Å². The maximum Gasteiger partial charge on any atom is 0.201 e. The number of benzene rings is 2. The molecule has 2 aromatic rings. The highest BCUT2D eigenvalue weighted by Crippen LogP contribution is 2.35. The van der Waals surface area contributed by atoms with E-state index in [1.807, 2.05) is 6.07 Å². The zero-order chi connectivity index (χ0) is 18.7. The van der Waals surface area contributed by atoms with E-state index in [4.69, 9.17) is 14.2 Å². The molecule has 0 amide bonds. The minimum Gasteiger partial charge on any atom is -0.497 e. The first kappa shape index (κ1) is 18.1. The molecule has 0 bridgehead atoms. The van der Waals surface area contributed by atoms with Crippen LogP contribution in [0.15, 0.2) is 46.7 Å². The Balaban J connectivity index is 2.04. The first-order valence-electron chi connectivity index (χ1n) is 8.08. The van der Waals surface area contributed by atoms with Gasteiger partial charge in [-0.25, -0.2) is 8.42 Å². The Bertz CT molecular complexity index is 933. The lowest BCUT2D eigenvalue weighted by Crippen LogP contribution is -2.23. The quantitative estimate of drug-likeness (QED) is 0.866. The maximum absolute atomic E-state index is 12.8. The van der Waals surface area contributed by atoms with Crippen LogP contribution in [0.2, 0.25) is 0 Å². The zero-order valence-electron chi connectivity index (χ0n) is 14.9. The molecule has 0 saturated heterocycles. The molecule has 6 nitrogen and oxygen atoms in total. The van der Waals surface area contributed by atoms with Gasteiger partial charge in [0.05, 0.1) is 37.3 Å². The molecule has 0 radical (unpaired) electrons. The average Bonchev–Trinajstić information content (AvgIpc) is 2.67. The normalized spacial score (nSPS) is 15.1. The lowest BCUT2D eigenvalue weighted by Gasteiger charge is -2.23. The van der Waals surface area contributed by atoms with Crippen LogP contribution in [0.3, 0.4) is 0 Å². The van der Waals surface area contributed by atoms with Gasteiger partial charge in [-0.2, -0.15) is 0 Å². The van der Waals surface area contributed by atoms with Crippen molar-refractivity contribution >= 4 is 15.5 Å². The summed E-state index contributed by atoms with van der Waals surface area (Å²) in [6.07, 6.45) is 0.773. The van der Waals surface area contributed by atoms with Crippen LogP contribution in [0.5, 0.6) is 17.2 Å². The number of methoxy groups -OCH3 is 3. The predicted molar refractivity (Wildman–Crippen MR) is 99.4 cm³/mol. The minimum atomic E-state index is -3.62. The van der Waals surface area contributed by atoms with Gasteiger partial charge in [0.2, 0.25) is 9.84 Å². The van der Waals surface area contributed by atoms with Crippen molar-refractivity contribution in [1.29, 1.82) is 0 Å². The zero-order valence-corrected chi connectivity index (χ0v) is 15.7. The van der Waals surface area contributed by atoms with Gasteiger partial charge >= 0.3 is 0 Å². The van der Waals surface area contributed by atoms with Crippen LogP contribution in [0.1, 0.15) is 11.1 Å². The molecule has 138 valence electrons. The van der Waals surface area contributed by atoms with Crippen LogP contribution < -0.4 is 19.5 Å². The van der Waals surface area contributed by atoms with Crippen LogP contribution in [0.4, 0.5) is 0 Å². The highest BCUT2D eigenvalue weighted by atomic mass is 32.2. The van der Waals surface area contributed by atoms with Crippen molar-refractivity contribution in [2.45, 2.75) is 11.3 Å². The first-order chi connectivity index (χ1) is 12.5. The van der Waals surface area contributed by atoms with E-state index < -0.39 is 9.84 Å². The smallest absolute Gasteiger partial charge is 0.201 e. The number of nitrogens with one attached hydrogen (secondary N) is 1. The van der Waals surface area contributed by atoms with Gasteiger partial charge in [0.1, 0.15) is 5.75 Å². The molecule has 1 aliphatic heterocycles. The molecular formula is C19H21NO5S. The van der Waals surface area contributed by atoms with Crippen LogP contribution in [0, 0.1) is 0 Å². The van der Waals surface area contributed by atoms with E-state index in [0.29, 0.717) is 29.5 Å². The molecule has 0 spiro atoms. The topological polar surface area (TPSA) is 73.9 Å². The third-order valence-electron chi connectivity index (χ3n) is 4.27. The Labute approximate surface area is 153 Å².